The number of carbonyl (C=O) groups is 2. The van der Waals surface area contributed by atoms with E-state index >= 15 is 0 Å². The van der Waals surface area contributed by atoms with Crippen LogP contribution in [0, 0.1) is 0 Å². The van der Waals surface area contributed by atoms with E-state index in [4.69, 9.17) is 15.6 Å². The molecule has 0 radical (unpaired) electrons. The first-order chi connectivity index (χ1) is 15.9. The number of rotatable bonds is 10. The maximum absolute atomic E-state index is 11.0. The molecule has 7 heteroatoms. The third kappa shape index (κ3) is 7.21. The van der Waals surface area contributed by atoms with Crippen LogP contribution in [0.2, 0.25) is 0 Å². The normalized spacial score (nSPS) is 11.1. The number of hydrogen-bond acceptors (Lipinski definition) is 4. The Morgan fingerprint density at radius 2 is 1.64 bits per heavy atom. The van der Waals surface area contributed by atoms with E-state index in [2.05, 4.69) is 10.5 Å². The molecular formula is C26H27N3O4. The van der Waals surface area contributed by atoms with Gasteiger partial charge in [0.05, 0.1) is 11.3 Å². The monoisotopic (exact) mass is 445 g/mol. The zero-order valence-corrected chi connectivity index (χ0v) is 18.5. The third-order valence-electron chi connectivity index (χ3n) is 5.16. The number of nitrogens with one attached hydrogen (secondary N) is 1. The molecule has 0 aromatic heterocycles. The highest BCUT2D eigenvalue weighted by atomic mass is 16.5. The summed E-state index contributed by atoms with van der Waals surface area (Å²) >= 11 is 0. The summed E-state index contributed by atoms with van der Waals surface area (Å²) in [4.78, 5) is 22.0. The average Bonchev–Trinajstić information content (AvgIpc) is 2.82. The average molecular weight is 446 g/mol. The smallest absolute Gasteiger partial charge is 0.335 e. The summed E-state index contributed by atoms with van der Waals surface area (Å²) < 4.78 is 6.11. The summed E-state index contributed by atoms with van der Waals surface area (Å²) in [5.74, 6) is -0.138. The predicted molar refractivity (Wildman–Crippen MR) is 128 cm³/mol. The molecule has 0 unspecified atom stereocenters. The van der Waals surface area contributed by atoms with Crippen molar-refractivity contribution in [1.29, 1.82) is 0 Å². The number of ether oxygens (including phenoxy) is 1. The minimum Gasteiger partial charge on any atom is -0.489 e. The van der Waals surface area contributed by atoms with E-state index in [9.17, 15) is 9.59 Å². The van der Waals surface area contributed by atoms with Crippen molar-refractivity contribution < 1.29 is 19.4 Å². The van der Waals surface area contributed by atoms with Crippen LogP contribution >= 0.6 is 0 Å². The molecule has 0 bridgehead atoms. The number of carbonyl (C=O) groups excluding carboxylic acids is 1. The lowest BCUT2D eigenvalue weighted by atomic mass is 9.99. The second-order valence-corrected chi connectivity index (χ2v) is 7.63. The van der Waals surface area contributed by atoms with E-state index in [0.29, 0.717) is 12.3 Å². The SMILES string of the molecule is CC(=NNC(N)=O)c1ccc(OCc2ccccc2)c(CCCc2ccc(C(=O)O)cc2)c1. The van der Waals surface area contributed by atoms with Crippen molar-refractivity contribution in [2.45, 2.75) is 32.8 Å². The number of urea groups is 1. The van der Waals surface area contributed by atoms with Crippen LogP contribution in [0.25, 0.3) is 0 Å². The number of benzene rings is 3. The van der Waals surface area contributed by atoms with Gasteiger partial charge in [-0.2, -0.15) is 5.10 Å². The van der Waals surface area contributed by atoms with Crippen molar-refractivity contribution in [3.05, 3.63) is 101 Å². The molecule has 0 aliphatic heterocycles. The molecule has 0 heterocycles. The molecule has 7 nitrogen and oxygen atoms in total. The standard InChI is InChI=1S/C26H27N3O4/c1-18(28-29-26(27)32)22-14-15-24(33-17-20-6-3-2-4-7-20)23(16-22)9-5-8-19-10-12-21(13-11-19)25(30)31/h2-4,6-7,10-16H,5,8-9,17H2,1H3,(H,30,31)(H3,27,29,32). The fourth-order valence-corrected chi connectivity index (χ4v) is 3.38. The van der Waals surface area contributed by atoms with Crippen LogP contribution in [0.5, 0.6) is 5.75 Å². The van der Waals surface area contributed by atoms with Crippen molar-refractivity contribution in [2.75, 3.05) is 0 Å². The van der Waals surface area contributed by atoms with Gasteiger partial charge in [0, 0.05) is 0 Å². The van der Waals surface area contributed by atoms with Gasteiger partial charge in [-0.1, -0.05) is 42.5 Å². The van der Waals surface area contributed by atoms with Gasteiger partial charge in [0.15, 0.2) is 0 Å². The van der Waals surface area contributed by atoms with E-state index in [1.54, 1.807) is 19.1 Å². The first-order valence-electron chi connectivity index (χ1n) is 10.6. The summed E-state index contributed by atoms with van der Waals surface area (Å²) in [7, 11) is 0. The molecule has 0 aliphatic carbocycles. The first-order valence-corrected chi connectivity index (χ1v) is 10.6. The number of nitrogens with two attached hydrogens (primary N) is 1. The van der Waals surface area contributed by atoms with Gasteiger partial charge in [0.25, 0.3) is 0 Å². The molecule has 3 aromatic rings. The predicted octanol–water partition coefficient (Wildman–Crippen LogP) is 4.53. The lowest BCUT2D eigenvalue weighted by molar-refractivity contribution is 0.0697. The van der Waals surface area contributed by atoms with Crippen LogP contribution in [0.4, 0.5) is 4.79 Å². The van der Waals surface area contributed by atoms with Gasteiger partial charge in [0.1, 0.15) is 12.4 Å². The Morgan fingerprint density at radius 3 is 2.30 bits per heavy atom. The van der Waals surface area contributed by atoms with E-state index in [-0.39, 0.29) is 5.56 Å². The summed E-state index contributed by atoms with van der Waals surface area (Å²) in [6.07, 6.45) is 2.42. The molecule has 0 aliphatic rings. The molecule has 0 saturated heterocycles. The lowest BCUT2D eigenvalue weighted by Crippen LogP contribution is -2.25. The second kappa shape index (κ2) is 11.5. The number of aromatic carboxylic acids is 1. The van der Waals surface area contributed by atoms with Crippen LogP contribution < -0.4 is 15.9 Å². The van der Waals surface area contributed by atoms with Gasteiger partial charge in [-0.05, 0) is 78.8 Å². The van der Waals surface area contributed by atoms with E-state index in [1.807, 2.05) is 60.7 Å². The number of aryl methyl sites for hydroxylation is 2. The Bertz CT molecular complexity index is 1130. The summed E-state index contributed by atoms with van der Waals surface area (Å²) in [5.41, 5.74) is 12.3. The topological polar surface area (TPSA) is 114 Å². The highest BCUT2D eigenvalue weighted by Crippen LogP contribution is 2.24. The zero-order chi connectivity index (χ0) is 23.6. The van der Waals surface area contributed by atoms with Crippen molar-refractivity contribution in [3.8, 4) is 5.75 Å². The third-order valence-corrected chi connectivity index (χ3v) is 5.16. The molecule has 2 amide bonds. The number of hydrazone groups is 1. The summed E-state index contributed by atoms with van der Waals surface area (Å²) in [6, 6.07) is 22.0. The molecule has 170 valence electrons. The molecule has 0 saturated carbocycles. The minimum atomic E-state index is -0.929. The van der Waals surface area contributed by atoms with Gasteiger partial charge in [0.2, 0.25) is 0 Å². The maximum atomic E-state index is 11.0. The molecule has 3 rings (SSSR count). The van der Waals surface area contributed by atoms with Gasteiger partial charge in [-0.25, -0.2) is 15.0 Å². The molecule has 0 fully saturated rings. The van der Waals surface area contributed by atoms with Crippen LogP contribution in [-0.2, 0) is 19.4 Å². The van der Waals surface area contributed by atoms with E-state index in [1.165, 1.54) is 0 Å². The van der Waals surface area contributed by atoms with Crippen LogP contribution in [0.3, 0.4) is 0 Å². The summed E-state index contributed by atoms with van der Waals surface area (Å²) in [6.45, 7) is 2.25. The van der Waals surface area contributed by atoms with Gasteiger partial charge >= 0.3 is 12.0 Å². The van der Waals surface area contributed by atoms with E-state index < -0.39 is 12.0 Å². The number of carboxylic acids is 1. The molecule has 4 N–H and O–H groups in total. The largest absolute Gasteiger partial charge is 0.489 e. The molecule has 33 heavy (non-hydrogen) atoms. The highest BCUT2D eigenvalue weighted by Gasteiger charge is 2.09. The Hall–Kier alpha value is -4.13. The Morgan fingerprint density at radius 1 is 0.939 bits per heavy atom. The molecular weight excluding hydrogens is 418 g/mol. The zero-order valence-electron chi connectivity index (χ0n) is 18.5. The van der Waals surface area contributed by atoms with Crippen molar-refractivity contribution in [2.24, 2.45) is 10.8 Å². The van der Waals surface area contributed by atoms with Crippen molar-refractivity contribution in [1.82, 2.24) is 5.43 Å². The number of primary amides is 1. The number of amides is 2. The second-order valence-electron chi connectivity index (χ2n) is 7.63. The first kappa shape index (κ1) is 23.5. The molecule has 0 spiro atoms. The fraction of sp³-hybridized carbons (Fsp3) is 0.192. The van der Waals surface area contributed by atoms with Crippen LogP contribution in [0.15, 0.2) is 77.9 Å². The van der Waals surface area contributed by atoms with Crippen molar-refractivity contribution in [3.63, 3.8) is 0 Å². The Labute approximate surface area is 192 Å². The summed E-state index contributed by atoms with van der Waals surface area (Å²) in [5, 5.41) is 13.1. The minimum absolute atomic E-state index is 0.280. The van der Waals surface area contributed by atoms with Crippen LogP contribution in [-0.4, -0.2) is 22.8 Å². The Balaban J connectivity index is 1.74. The van der Waals surface area contributed by atoms with Gasteiger partial charge in [-0.3, -0.25) is 0 Å². The van der Waals surface area contributed by atoms with E-state index in [0.717, 1.165) is 47.3 Å². The fourth-order valence-electron chi connectivity index (χ4n) is 3.38. The molecule has 3 aromatic carbocycles. The van der Waals surface area contributed by atoms with Crippen LogP contribution in [0.1, 0.15) is 46.0 Å². The Kier molecular flexibility index (Phi) is 8.18. The quantitative estimate of drug-likeness (QED) is 0.314. The van der Waals surface area contributed by atoms with Gasteiger partial charge in [-0.15, -0.1) is 0 Å². The van der Waals surface area contributed by atoms with Crippen molar-refractivity contribution >= 4 is 17.7 Å². The molecule has 0 atom stereocenters. The number of nitrogens with zero attached hydrogens (tertiary/aromatic N) is 1. The van der Waals surface area contributed by atoms with Gasteiger partial charge < -0.3 is 15.6 Å². The highest BCUT2D eigenvalue weighted by molar-refractivity contribution is 5.99. The maximum Gasteiger partial charge on any atom is 0.335 e. The lowest BCUT2D eigenvalue weighted by Gasteiger charge is -2.14. The number of hydrogen-bond donors (Lipinski definition) is 3. The number of carboxylic acid groups (broad SMARTS) is 1.